The number of aromatic nitrogens is 3. The maximum Gasteiger partial charge on any atom is 0.402 e. The Morgan fingerprint density at radius 3 is 2.64 bits per heavy atom. The number of imidazole rings is 1. The standard InChI is InChI=1S/C18H21N3O2S2/c1-11-10-21(17-19-13-6-4-5-7-14(13)20-17)16(12(2)15(11)23-3)18(24,25)8-9-22/h4-7,10,22H,8-9H2,1-3H3,(H2-,19,20,24,25)/p+1. The van der Waals surface area contributed by atoms with Crippen molar-refractivity contribution in [1.82, 2.24) is 9.97 Å². The number of nitrogens with zero attached hydrogens (tertiary/aromatic N) is 2. The van der Waals surface area contributed by atoms with Gasteiger partial charge in [-0.05, 0) is 26.0 Å². The largest absolute Gasteiger partial charge is 0.496 e. The quantitative estimate of drug-likeness (QED) is 0.315. The summed E-state index contributed by atoms with van der Waals surface area (Å²) in [4.78, 5) is 8.03. The summed E-state index contributed by atoms with van der Waals surface area (Å²) in [7, 11) is 1.65. The predicted molar refractivity (Wildman–Crippen MR) is 105 cm³/mol. The van der Waals surface area contributed by atoms with E-state index >= 15 is 0 Å². The Labute approximate surface area is 157 Å². The van der Waals surface area contributed by atoms with Gasteiger partial charge in [0, 0.05) is 24.2 Å². The molecule has 0 aliphatic rings. The van der Waals surface area contributed by atoms with E-state index in [1.165, 1.54) is 0 Å². The van der Waals surface area contributed by atoms with E-state index in [2.05, 4.69) is 4.98 Å². The van der Waals surface area contributed by atoms with Crippen molar-refractivity contribution in [2.75, 3.05) is 13.7 Å². The Balaban J connectivity index is 2.31. The molecule has 7 heteroatoms. The third-order valence-corrected chi connectivity index (χ3v) is 5.14. The molecule has 0 bridgehead atoms. The minimum atomic E-state index is -0.848. The Morgan fingerprint density at radius 1 is 1.28 bits per heavy atom. The van der Waals surface area contributed by atoms with E-state index in [1.807, 2.05) is 48.9 Å². The van der Waals surface area contributed by atoms with Gasteiger partial charge >= 0.3 is 5.95 Å². The second kappa shape index (κ2) is 6.90. The summed E-state index contributed by atoms with van der Waals surface area (Å²) in [6.45, 7) is 3.93. The number of hydrogen-bond acceptors (Lipinski definition) is 5. The number of nitrogens with one attached hydrogen (secondary N) is 1. The number of pyridine rings is 1. The lowest BCUT2D eigenvalue weighted by atomic mass is 10.1. The van der Waals surface area contributed by atoms with Crippen LogP contribution in [0.4, 0.5) is 0 Å². The first kappa shape index (κ1) is 18.1. The molecular weight excluding hydrogens is 354 g/mol. The van der Waals surface area contributed by atoms with Gasteiger partial charge in [0.25, 0.3) is 0 Å². The number of fused-ring (bicyclic) bond motifs is 1. The lowest BCUT2D eigenvalue weighted by Gasteiger charge is -2.26. The molecule has 3 aromatic rings. The molecule has 0 saturated heterocycles. The van der Waals surface area contributed by atoms with Crippen LogP contribution in [-0.2, 0) is 4.08 Å². The van der Waals surface area contributed by atoms with Crippen molar-refractivity contribution < 1.29 is 14.4 Å². The molecule has 0 radical (unpaired) electrons. The Kier molecular flexibility index (Phi) is 4.99. The molecule has 5 nitrogen and oxygen atoms in total. The van der Waals surface area contributed by atoms with E-state index in [0.717, 1.165) is 33.6 Å². The number of hydrogen-bond donors (Lipinski definition) is 4. The van der Waals surface area contributed by atoms with Crippen LogP contribution in [0.3, 0.4) is 0 Å². The molecular formula is C18H22N3O2S2+. The fraction of sp³-hybridized carbons (Fsp3) is 0.333. The van der Waals surface area contributed by atoms with Gasteiger partial charge in [-0.3, -0.25) is 0 Å². The van der Waals surface area contributed by atoms with Crippen LogP contribution in [0, 0.1) is 13.8 Å². The van der Waals surface area contributed by atoms with Crippen LogP contribution in [0.25, 0.3) is 17.0 Å². The summed E-state index contributed by atoms with van der Waals surface area (Å²) in [6.07, 6.45) is 2.34. The average molecular weight is 377 g/mol. The molecule has 0 atom stereocenters. The summed E-state index contributed by atoms with van der Waals surface area (Å²) in [5, 5.41) is 9.45. The number of aliphatic hydroxyl groups is 1. The summed E-state index contributed by atoms with van der Waals surface area (Å²) in [5.74, 6) is 1.46. The molecule has 0 saturated carbocycles. The summed E-state index contributed by atoms with van der Waals surface area (Å²) in [6, 6.07) is 7.86. The third-order valence-electron chi connectivity index (χ3n) is 4.27. The van der Waals surface area contributed by atoms with Gasteiger partial charge in [-0.1, -0.05) is 17.1 Å². The van der Waals surface area contributed by atoms with Crippen LogP contribution in [0.5, 0.6) is 5.75 Å². The lowest BCUT2D eigenvalue weighted by Crippen LogP contribution is -2.43. The second-order valence-corrected chi connectivity index (χ2v) is 7.94. The summed E-state index contributed by atoms with van der Waals surface area (Å²) in [5.41, 5.74) is 4.54. The highest BCUT2D eigenvalue weighted by molar-refractivity contribution is 7.99. The third kappa shape index (κ3) is 3.23. The monoisotopic (exact) mass is 376 g/mol. The van der Waals surface area contributed by atoms with E-state index in [-0.39, 0.29) is 6.61 Å². The van der Waals surface area contributed by atoms with Crippen LogP contribution in [-0.4, -0.2) is 28.8 Å². The first-order valence-corrected chi connectivity index (χ1v) is 8.89. The van der Waals surface area contributed by atoms with Crippen LogP contribution >= 0.6 is 25.3 Å². The van der Waals surface area contributed by atoms with E-state index in [9.17, 15) is 5.11 Å². The van der Waals surface area contributed by atoms with Gasteiger partial charge in [0.15, 0.2) is 5.52 Å². The molecule has 0 fully saturated rings. The highest BCUT2D eigenvalue weighted by atomic mass is 32.2. The van der Waals surface area contributed by atoms with Gasteiger partial charge in [-0.2, -0.15) is 25.3 Å². The number of aryl methyl sites for hydroxylation is 1. The number of benzene rings is 1. The second-order valence-electron chi connectivity index (χ2n) is 6.06. The molecule has 2 N–H and O–H groups in total. The van der Waals surface area contributed by atoms with Crippen molar-refractivity contribution >= 4 is 36.3 Å². The molecule has 0 spiro atoms. The number of H-pyrrole nitrogens is 1. The highest BCUT2D eigenvalue weighted by Crippen LogP contribution is 2.39. The molecule has 1 aromatic carbocycles. The smallest absolute Gasteiger partial charge is 0.402 e. The van der Waals surface area contributed by atoms with Crippen LogP contribution < -0.4 is 9.30 Å². The molecule has 2 aromatic heterocycles. The van der Waals surface area contributed by atoms with Gasteiger partial charge < -0.3 is 9.84 Å². The first-order valence-electron chi connectivity index (χ1n) is 8.00. The number of methoxy groups -OCH3 is 1. The van der Waals surface area contributed by atoms with Gasteiger partial charge in [0.05, 0.1) is 13.3 Å². The van der Waals surface area contributed by atoms with Crippen molar-refractivity contribution in [1.29, 1.82) is 0 Å². The topological polar surface area (TPSA) is 62.0 Å². The Morgan fingerprint density at radius 2 is 2.00 bits per heavy atom. The van der Waals surface area contributed by atoms with E-state index in [1.54, 1.807) is 7.11 Å². The van der Waals surface area contributed by atoms with Crippen LogP contribution in [0.2, 0.25) is 0 Å². The average Bonchev–Trinajstić information content (AvgIpc) is 2.98. The normalized spacial score (nSPS) is 11.9. The number of aromatic amines is 1. The molecule has 0 aliphatic carbocycles. The molecule has 2 heterocycles. The fourth-order valence-corrected chi connectivity index (χ4v) is 3.95. The maximum absolute atomic E-state index is 9.45. The molecule has 0 aliphatic heterocycles. The molecule has 25 heavy (non-hydrogen) atoms. The number of ether oxygens (including phenoxy) is 1. The maximum atomic E-state index is 9.45. The molecule has 0 unspecified atom stereocenters. The summed E-state index contributed by atoms with van der Waals surface area (Å²) >= 11 is 9.43. The minimum absolute atomic E-state index is 0.0250. The molecule has 0 amide bonds. The zero-order valence-electron chi connectivity index (χ0n) is 14.4. The number of thiol groups is 2. The van der Waals surface area contributed by atoms with Crippen LogP contribution in [0.1, 0.15) is 23.2 Å². The SMILES string of the molecule is COc1c(C)c[n+](-c2nc3ccccc3[nH]2)c(C(S)(S)CCO)c1C. The van der Waals surface area contributed by atoms with Crippen LogP contribution in [0.15, 0.2) is 30.5 Å². The van der Waals surface area contributed by atoms with Gasteiger partial charge in [-0.15, -0.1) is 0 Å². The minimum Gasteiger partial charge on any atom is -0.496 e. The van der Waals surface area contributed by atoms with E-state index in [0.29, 0.717) is 12.4 Å². The zero-order valence-corrected chi connectivity index (χ0v) is 16.2. The van der Waals surface area contributed by atoms with Crippen molar-refractivity contribution in [2.45, 2.75) is 24.3 Å². The van der Waals surface area contributed by atoms with Gasteiger partial charge in [0.2, 0.25) is 0 Å². The number of para-hydroxylation sites is 2. The van der Waals surface area contributed by atoms with Gasteiger partial charge in [-0.25, -0.2) is 9.55 Å². The van der Waals surface area contributed by atoms with Crippen molar-refractivity contribution in [3.8, 4) is 11.7 Å². The predicted octanol–water partition coefficient (Wildman–Crippen LogP) is 2.86. The number of rotatable bonds is 5. The van der Waals surface area contributed by atoms with Crippen molar-refractivity contribution in [2.24, 2.45) is 0 Å². The van der Waals surface area contributed by atoms with Gasteiger partial charge in [0.1, 0.15) is 21.0 Å². The highest BCUT2D eigenvalue weighted by Gasteiger charge is 2.34. The first-order chi connectivity index (χ1) is 11.9. The molecule has 3 rings (SSSR count). The van der Waals surface area contributed by atoms with E-state index in [4.69, 9.17) is 35.0 Å². The van der Waals surface area contributed by atoms with E-state index < -0.39 is 4.08 Å². The molecule has 132 valence electrons. The lowest BCUT2D eigenvalue weighted by molar-refractivity contribution is -0.613. The zero-order chi connectivity index (χ0) is 18.2. The van der Waals surface area contributed by atoms with Crippen molar-refractivity contribution in [3.63, 3.8) is 0 Å². The number of aliphatic hydroxyl groups excluding tert-OH is 1. The Hall–Kier alpha value is -1.70. The fourth-order valence-electron chi connectivity index (χ4n) is 3.20. The Bertz CT molecular complexity index is 889. The summed E-state index contributed by atoms with van der Waals surface area (Å²) < 4.78 is 6.66. The van der Waals surface area contributed by atoms with Crippen molar-refractivity contribution in [3.05, 3.63) is 47.3 Å².